The molecule has 1 aromatic carbocycles. The predicted molar refractivity (Wildman–Crippen MR) is 87.4 cm³/mol. The van der Waals surface area contributed by atoms with Crippen molar-refractivity contribution in [3.05, 3.63) is 22.7 Å². The van der Waals surface area contributed by atoms with Gasteiger partial charge in [-0.2, -0.15) is 0 Å². The van der Waals surface area contributed by atoms with Gasteiger partial charge in [-0.05, 0) is 30.9 Å². The summed E-state index contributed by atoms with van der Waals surface area (Å²) in [5.74, 6) is 0.403. The predicted octanol–water partition coefficient (Wildman–Crippen LogP) is 2.27. The maximum absolute atomic E-state index is 11.0. The summed E-state index contributed by atoms with van der Waals surface area (Å²) < 4.78 is 0. The Hall–Kier alpha value is -1.75. The van der Waals surface area contributed by atoms with E-state index in [0.29, 0.717) is 28.7 Å². The van der Waals surface area contributed by atoms with Crippen LogP contribution in [0.2, 0.25) is 5.02 Å². The molecule has 0 bridgehead atoms. The van der Waals surface area contributed by atoms with Crippen LogP contribution in [0.3, 0.4) is 0 Å². The summed E-state index contributed by atoms with van der Waals surface area (Å²) in [6.45, 7) is 3.96. The van der Waals surface area contributed by atoms with Crippen LogP contribution in [0.15, 0.2) is 12.1 Å². The van der Waals surface area contributed by atoms with Gasteiger partial charge in [0.2, 0.25) is 5.91 Å². The SMILES string of the molecule is CC(=O)NCC1CCCN(c2cc(Cl)cc(N)c2C=N)C1. The number of hydrogen-bond donors (Lipinski definition) is 3. The molecular weight excluding hydrogens is 288 g/mol. The molecule has 114 valence electrons. The van der Waals surface area contributed by atoms with E-state index in [0.717, 1.165) is 31.6 Å². The highest BCUT2D eigenvalue weighted by atomic mass is 35.5. The Morgan fingerprint density at radius 2 is 2.38 bits per heavy atom. The molecule has 2 rings (SSSR count). The lowest BCUT2D eigenvalue weighted by molar-refractivity contribution is -0.119. The van der Waals surface area contributed by atoms with Crippen LogP contribution in [0, 0.1) is 11.3 Å². The molecule has 0 saturated carbocycles. The van der Waals surface area contributed by atoms with Gasteiger partial charge in [0, 0.05) is 54.7 Å². The maximum Gasteiger partial charge on any atom is 0.216 e. The Morgan fingerprint density at radius 3 is 3.05 bits per heavy atom. The zero-order valence-corrected chi connectivity index (χ0v) is 12.9. The second-order valence-corrected chi connectivity index (χ2v) is 5.90. The van der Waals surface area contributed by atoms with Gasteiger partial charge in [0.05, 0.1) is 0 Å². The molecule has 1 heterocycles. The van der Waals surface area contributed by atoms with Gasteiger partial charge in [0.1, 0.15) is 0 Å². The number of carbonyl (C=O) groups excluding carboxylic acids is 1. The van der Waals surface area contributed by atoms with Crippen LogP contribution in [0.4, 0.5) is 11.4 Å². The lowest BCUT2D eigenvalue weighted by Crippen LogP contribution is -2.41. The van der Waals surface area contributed by atoms with E-state index >= 15 is 0 Å². The molecule has 4 N–H and O–H groups in total. The third-order valence-electron chi connectivity index (χ3n) is 3.80. The molecule has 21 heavy (non-hydrogen) atoms. The van der Waals surface area contributed by atoms with E-state index in [1.807, 2.05) is 6.07 Å². The van der Waals surface area contributed by atoms with E-state index in [4.69, 9.17) is 22.7 Å². The highest BCUT2D eigenvalue weighted by Gasteiger charge is 2.22. The molecule has 1 amide bonds. The van der Waals surface area contributed by atoms with E-state index in [1.165, 1.54) is 13.1 Å². The van der Waals surface area contributed by atoms with Crippen molar-refractivity contribution in [3.63, 3.8) is 0 Å². The molecule has 0 aliphatic carbocycles. The first-order valence-electron chi connectivity index (χ1n) is 7.10. The topological polar surface area (TPSA) is 82.2 Å². The molecule has 1 unspecified atom stereocenters. The minimum atomic E-state index is -0.000644. The minimum Gasteiger partial charge on any atom is -0.398 e. The fraction of sp³-hybridized carbons (Fsp3) is 0.467. The molecule has 1 atom stereocenters. The lowest BCUT2D eigenvalue weighted by Gasteiger charge is -2.35. The Morgan fingerprint density at radius 1 is 1.62 bits per heavy atom. The van der Waals surface area contributed by atoms with Crippen LogP contribution < -0.4 is 16.0 Å². The largest absolute Gasteiger partial charge is 0.398 e. The summed E-state index contributed by atoms with van der Waals surface area (Å²) in [4.78, 5) is 13.2. The number of rotatable bonds is 4. The van der Waals surface area contributed by atoms with Crippen LogP contribution in [-0.2, 0) is 4.79 Å². The van der Waals surface area contributed by atoms with Gasteiger partial charge in [0.15, 0.2) is 0 Å². The number of nitrogens with zero attached hydrogens (tertiary/aromatic N) is 1. The number of halogens is 1. The Balaban J connectivity index is 2.17. The molecule has 1 aromatic rings. The van der Waals surface area contributed by atoms with Gasteiger partial charge in [-0.1, -0.05) is 11.6 Å². The first-order valence-corrected chi connectivity index (χ1v) is 7.48. The standard InChI is InChI=1S/C15H21ClN4O/c1-10(21)19-8-11-3-2-4-20(9-11)15-6-12(16)5-14(18)13(15)7-17/h5-7,11,17H,2-4,8-9,18H2,1H3,(H,19,21). The summed E-state index contributed by atoms with van der Waals surface area (Å²) in [5.41, 5.74) is 8.09. The fourth-order valence-corrected chi connectivity index (χ4v) is 3.00. The van der Waals surface area contributed by atoms with Crippen LogP contribution >= 0.6 is 11.6 Å². The molecular formula is C15H21ClN4O. The summed E-state index contributed by atoms with van der Waals surface area (Å²) >= 11 is 6.10. The van der Waals surface area contributed by atoms with Crippen molar-refractivity contribution in [2.24, 2.45) is 5.92 Å². The van der Waals surface area contributed by atoms with E-state index in [-0.39, 0.29) is 5.91 Å². The average Bonchev–Trinajstić information content (AvgIpc) is 2.44. The van der Waals surface area contributed by atoms with Gasteiger partial charge in [0.25, 0.3) is 0 Å². The second-order valence-electron chi connectivity index (χ2n) is 5.46. The highest BCUT2D eigenvalue weighted by molar-refractivity contribution is 6.31. The number of nitrogens with one attached hydrogen (secondary N) is 2. The minimum absolute atomic E-state index is 0.000644. The van der Waals surface area contributed by atoms with E-state index < -0.39 is 0 Å². The Bertz CT molecular complexity index is 547. The van der Waals surface area contributed by atoms with Crippen molar-refractivity contribution in [2.75, 3.05) is 30.3 Å². The van der Waals surface area contributed by atoms with Gasteiger partial charge < -0.3 is 21.4 Å². The first kappa shape index (κ1) is 15.6. The number of hydrogen-bond acceptors (Lipinski definition) is 4. The molecule has 1 aliphatic heterocycles. The summed E-state index contributed by atoms with van der Waals surface area (Å²) in [6.07, 6.45) is 3.42. The third kappa shape index (κ3) is 3.88. The normalized spacial score (nSPS) is 18.4. The van der Waals surface area contributed by atoms with Crippen molar-refractivity contribution in [1.29, 1.82) is 5.41 Å². The molecule has 0 aromatic heterocycles. The van der Waals surface area contributed by atoms with E-state index in [1.54, 1.807) is 6.07 Å². The smallest absolute Gasteiger partial charge is 0.216 e. The monoisotopic (exact) mass is 308 g/mol. The number of nitrogen functional groups attached to an aromatic ring is 1. The second kappa shape index (κ2) is 6.80. The zero-order valence-electron chi connectivity index (χ0n) is 12.2. The Labute approximate surface area is 130 Å². The van der Waals surface area contributed by atoms with Crippen molar-refractivity contribution in [2.45, 2.75) is 19.8 Å². The van der Waals surface area contributed by atoms with Crippen molar-refractivity contribution >= 4 is 35.1 Å². The first-order chi connectivity index (χ1) is 10.0. The van der Waals surface area contributed by atoms with Crippen LogP contribution in [0.5, 0.6) is 0 Å². The van der Waals surface area contributed by atoms with Crippen molar-refractivity contribution in [3.8, 4) is 0 Å². The molecule has 0 spiro atoms. The molecule has 1 saturated heterocycles. The van der Waals surface area contributed by atoms with Gasteiger partial charge in [-0.25, -0.2) is 0 Å². The molecule has 5 nitrogen and oxygen atoms in total. The maximum atomic E-state index is 11.0. The molecule has 1 aliphatic rings. The van der Waals surface area contributed by atoms with Crippen molar-refractivity contribution < 1.29 is 4.79 Å². The van der Waals surface area contributed by atoms with Crippen LogP contribution in [-0.4, -0.2) is 31.8 Å². The van der Waals surface area contributed by atoms with E-state index in [2.05, 4.69) is 10.2 Å². The van der Waals surface area contributed by atoms with Gasteiger partial charge >= 0.3 is 0 Å². The quantitative estimate of drug-likeness (QED) is 0.589. The van der Waals surface area contributed by atoms with Gasteiger partial charge in [-0.15, -0.1) is 0 Å². The third-order valence-corrected chi connectivity index (χ3v) is 4.02. The summed E-state index contributed by atoms with van der Waals surface area (Å²) in [6, 6.07) is 3.53. The van der Waals surface area contributed by atoms with Gasteiger partial charge in [-0.3, -0.25) is 4.79 Å². The van der Waals surface area contributed by atoms with E-state index in [9.17, 15) is 4.79 Å². The molecule has 1 fully saturated rings. The summed E-state index contributed by atoms with van der Waals surface area (Å²) in [7, 11) is 0. The number of anilines is 2. The molecule has 0 radical (unpaired) electrons. The average molecular weight is 309 g/mol. The summed E-state index contributed by atoms with van der Waals surface area (Å²) in [5, 5.41) is 11.0. The fourth-order valence-electron chi connectivity index (χ4n) is 2.78. The number of piperidine rings is 1. The number of amides is 1. The van der Waals surface area contributed by atoms with Crippen LogP contribution in [0.25, 0.3) is 0 Å². The van der Waals surface area contributed by atoms with Crippen molar-refractivity contribution in [1.82, 2.24) is 5.32 Å². The highest BCUT2D eigenvalue weighted by Crippen LogP contribution is 2.31. The number of benzene rings is 1. The zero-order chi connectivity index (χ0) is 15.4. The molecule has 6 heteroatoms. The number of carbonyl (C=O) groups is 1. The number of nitrogens with two attached hydrogens (primary N) is 1. The lowest BCUT2D eigenvalue weighted by atomic mass is 9.96. The Kier molecular flexibility index (Phi) is 5.07. The van der Waals surface area contributed by atoms with Crippen LogP contribution in [0.1, 0.15) is 25.3 Å².